The van der Waals surface area contributed by atoms with Crippen LogP contribution in [0.5, 0.6) is 5.75 Å². The number of nitrogens with zero attached hydrogens (tertiary/aromatic N) is 4. The molecule has 116 valence electrons. The number of likely N-dealkylation sites (tertiary alicyclic amines) is 1. The Morgan fingerprint density at radius 3 is 2.45 bits per heavy atom. The average molecular weight is 299 g/mol. The van der Waals surface area contributed by atoms with Gasteiger partial charge in [0, 0.05) is 5.56 Å². The Morgan fingerprint density at radius 2 is 1.77 bits per heavy atom. The lowest BCUT2D eigenvalue weighted by Gasteiger charge is -2.25. The van der Waals surface area contributed by atoms with E-state index in [1.165, 1.54) is 19.3 Å². The van der Waals surface area contributed by atoms with E-state index in [1.54, 1.807) is 7.11 Å². The second-order valence-corrected chi connectivity index (χ2v) is 5.50. The van der Waals surface area contributed by atoms with Gasteiger partial charge in [-0.05, 0) is 50.2 Å². The number of piperidine rings is 1. The van der Waals surface area contributed by atoms with Gasteiger partial charge in [-0.25, -0.2) is 4.98 Å². The van der Waals surface area contributed by atoms with Crippen LogP contribution in [0.15, 0.2) is 24.3 Å². The van der Waals surface area contributed by atoms with E-state index >= 15 is 0 Å². The number of rotatable bonds is 4. The van der Waals surface area contributed by atoms with Gasteiger partial charge in [0.05, 0.1) is 13.7 Å². The normalized spacial score (nSPS) is 15.7. The minimum atomic E-state index is 0.271. The molecule has 1 saturated heterocycles. The van der Waals surface area contributed by atoms with Crippen LogP contribution in [0.1, 0.15) is 25.1 Å². The van der Waals surface area contributed by atoms with Gasteiger partial charge in [-0.15, -0.1) is 0 Å². The molecule has 0 radical (unpaired) electrons. The van der Waals surface area contributed by atoms with Gasteiger partial charge in [-0.3, -0.25) is 4.90 Å². The molecule has 1 aliphatic rings. The molecule has 0 atom stereocenters. The van der Waals surface area contributed by atoms with Gasteiger partial charge in [0.15, 0.2) is 5.82 Å². The van der Waals surface area contributed by atoms with E-state index in [0.717, 1.165) is 36.8 Å². The van der Waals surface area contributed by atoms with Crippen LogP contribution in [0, 0.1) is 0 Å². The number of hydrogen-bond acceptors (Lipinski definition) is 6. The summed E-state index contributed by atoms with van der Waals surface area (Å²) in [6.45, 7) is 2.93. The molecule has 0 amide bonds. The molecule has 6 nitrogen and oxygen atoms in total. The molecule has 2 N–H and O–H groups in total. The lowest BCUT2D eigenvalue weighted by atomic mass is 10.1. The van der Waals surface area contributed by atoms with Crippen LogP contribution in [-0.4, -0.2) is 40.1 Å². The van der Waals surface area contributed by atoms with Crippen LogP contribution in [0.25, 0.3) is 11.4 Å². The molecule has 2 heterocycles. The molecule has 0 bridgehead atoms. The van der Waals surface area contributed by atoms with Crippen LogP contribution < -0.4 is 10.5 Å². The standard InChI is InChI=1S/C16H21N5O/c1-22-13-7-5-12(6-8-13)15-18-14(19-16(17)20-15)11-21-9-3-2-4-10-21/h5-8H,2-4,9-11H2,1H3,(H2,17,18,19,20). The maximum absolute atomic E-state index is 5.85. The Labute approximate surface area is 130 Å². The SMILES string of the molecule is COc1ccc(-c2nc(N)nc(CN3CCCCC3)n2)cc1. The minimum absolute atomic E-state index is 0.271. The van der Waals surface area contributed by atoms with Crippen molar-refractivity contribution in [1.29, 1.82) is 0 Å². The number of nitrogens with two attached hydrogens (primary N) is 1. The minimum Gasteiger partial charge on any atom is -0.497 e. The van der Waals surface area contributed by atoms with Gasteiger partial charge in [0.1, 0.15) is 11.6 Å². The molecule has 1 aromatic carbocycles. The fourth-order valence-electron chi connectivity index (χ4n) is 2.70. The van der Waals surface area contributed by atoms with Gasteiger partial charge in [0.2, 0.25) is 5.95 Å². The van der Waals surface area contributed by atoms with Crippen LogP contribution in [0.3, 0.4) is 0 Å². The highest BCUT2D eigenvalue weighted by Crippen LogP contribution is 2.20. The summed E-state index contributed by atoms with van der Waals surface area (Å²) in [6, 6.07) is 7.63. The third kappa shape index (κ3) is 3.51. The molecule has 1 aromatic heterocycles. The zero-order valence-electron chi connectivity index (χ0n) is 12.8. The Morgan fingerprint density at radius 1 is 1.05 bits per heavy atom. The van der Waals surface area contributed by atoms with Crippen molar-refractivity contribution in [3.8, 4) is 17.1 Å². The fraction of sp³-hybridized carbons (Fsp3) is 0.438. The van der Waals surface area contributed by atoms with Crippen molar-refractivity contribution in [1.82, 2.24) is 19.9 Å². The monoisotopic (exact) mass is 299 g/mol. The maximum Gasteiger partial charge on any atom is 0.223 e. The first-order valence-corrected chi connectivity index (χ1v) is 7.62. The first kappa shape index (κ1) is 14.7. The van der Waals surface area contributed by atoms with Gasteiger partial charge >= 0.3 is 0 Å². The van der Waals surface area contributed by atoms with Crippen LogP contribution >= 0.6 is 0 Å². The predicted molar refractivity (Wildman–Crippen MR) is 85.4 cm³/mol. The zero-order chi connectivity index (χ0) is 15.4. The third-order valence-corrected chi connectivity index (χ3v) is 3.86. The van der Waals surface area contributed by atoms with Crippen molar-refractivity contribution in [3.63, 3.8) is 0 Å². The van der Waals surface area contributed by atoms with Gasteiger partial charge < -0.3 is 10.5 Å². The molecular formula is C16H21N5O. The number of nitrogen functional groups attached to an aromatic ring is 1. The molecule has 0 spiro atoms. The number of benzene rings is 1. The first-order valence-electron chi connectivity index (χ1n) is 7.62. The lowest BCUT2D eigenvalue weighted by Crippen LogP contribution is -2.30. The van der Waals surface area contributed by atoms with Crippen molar-refractivity contribution < 1.29 is 4.74 Å². The quantitative estimate of drug-likeness (QED) is 0.931. The molecule has 6 heteroatoms. The summed E-state index contributed by atoms with van der Waals surface area (Å²) < 4.78 is 5.17. The number of aromatic nitrogens is 3. The molecule has 0 unspecified atom stereocenters. The molecule has 0 saturated carbocycles. The van der Waals surface area contributed by atoms with Gasteiger partial charge in [-0.2, -0.15) is 9.97 Å². The largest absolute Gasteiger partial charge is 0.497 e. The molecular weight excluding hydrogens is 278 g/mol. The van der Waals surface area contributed by atoms with Crippen molar-refractivity contribution in [3.05, 3.63) is 30.1 Å². The van der Waals surface area contributed by atoms with Crippen LogP contribution in [0.2, 0.25) is 0 Å². The lowest BCUT2D eigenvalue weighted by molar-refractivity contribution is 0.216. The molecule has 3 rings (SSSR count). The Bertz CT molecular complexity index is 623. The van der Waals surface area contributed by atoms with Gasteiger partial charge in [-0.1, -0.05) is 6.42 Å². The van der Waals surface area contributed by atoms with Crippen molar-refractivity contribution in [2.75, 3.05) is 25.9 Å². The van der Waals surface area contributed by atoms with E-state index in [1.807, 2.05) is 24.3 Å². The highest BCUT2D eigenvalue weighted by Gasteiger charge is 2.14. The van der Waals surface area contributed by atoms with Crippen LogP contribution in [0.4, 0.5) is 5.95 Å². The second-order valence-electron chi connectivity index (χ2n) is 5.50. The number of methoxy groups -OCH3 is 1. The van der Waals surface area contributed by atoms with Crippen molar-refractivity contribution in [2.45, 2.75) is 25.8 Å². The van der Waals surface area contributed by atoms with E-state index in [0.29, 0.717) is 5.82 Å². The molecule has 0 aliphatic carbocycles. The maximum atomic E-state index is 5.85. The Hall–Kier alpha value is -2.21. The van der Waals surface area contributed by atoms with E-state index in [9.17, 15) is 0 Å². The van der Waals surface area contributed by atoms with Crippen molar-refractivity contribution >= 4 is 5.95 Å². The highest BCUT2D eigenvalue weighted by atomic mass is 16.5. The predicted octanol–water partition coefficient (Wildman–Crippen LogP) is 2.12. The smallest absolute Gasteiger partial charge is 0.223 e. The third-order valence-electron chi connectivity index (χ3n) is 3.86. The number of hydrogen-bond donors (Lipinski definition) is 1. The molecule has 1 fully saturated rings. The summed E-state index contributed by atoms with van der Waals surface area (Å²) in [6.07, 6.45) is 3.80. The fourth-order valence-corrected chi connectivity index (χ4v) is 2.70. The topological polar surface area (TPSA) is 77.2 Å². The summed E-state index contributed by atoms with van der Waals surface area (Å²) in [4.78, 5) is 15.5. The summed E-state index contributed by atoms with van der Waals surface area (Å²) in [5, 5.41) is 0. The summed E-state index contributed by atoms with van der Waals surface area (Å²) in [5.41, 5.74) is 6.76. The van der Waals surface area contributed by atoms with E-state index in [-0.39, 0.29) is 5.95 Å². The first-order chi connectivity index (χ1) is 10.7. The summed E-state index contributed by atoms with van der Waals surface area (Å²) >= 11 is 0. The summed E-state index contributed by atoms with van der Waals surface area (Å²) in [7, 11) is 1.65. The molecule has 22 heavy (non-hydrogen) atoms. The van der Waals surface area contributed by atoms with Crippen LogP contribution in [-0.2, 0) is 6.54 Å². The van der Waals surface area contributed by atoms with E-state index < -0.39 is 0 Å². The van der Waals surface area contributed by atoms with E-state index in [4.69, 9.17) is 10.5 Å². The Balaban J connectivity index is 1.81. The van der Waals surface area contributed by atoms with Gasteiger partial charge in [0.25, 0.3) is 0 Å². The Kier molecular flexibility index (Phi) is 4.48. The molecule has 2 aromatic rings. The second kappa shape index (κ2) is 6.70. The number of anilines is 1. The van der Waals surface area contributed by atoms with E-state index in [2.05, 4.69) is 19.9 Å². The van der Waals surface area contributed by atoms with Crippen molar-refractivity contribution in [2.24, 2.45) is 0 Å². The zero-order valence-corrected chi connectivity index (χ0v) is 12.8. The molecule has 1 aliphatic heterocycles. The average Bonchev–Trinajstić information content (AvgIpc) is 2.55. The summed E-state index contributed by atoms with van der Waals surface area (Å²) in [5.74, 6) is 2.43. The highest BCUT2D eigenvalue weighted by molar-refractivity contribution is 5.57. The number of ether oxygens (including phenoxy) is 1.